The molecule has 4 aromatic rings. The third-order valence-corrected chi connectivity index (χ3v) is 5.81. The number of hydrogen-bond acceptors (Lipinski definition) is 3. The van der Waals surface area contributed by atoms with E-state index in [1.807, 2.05) is 36.4 Å². The maximum atomic E-state index is 12.3. The molecule has 1 amide bonds. The molecule has 0 aliphatic rings. The fourth-order valence-corrected chi connectivity index (χ4v) is 4.13. The summed E-state index contributed by atoms with van der Waals surface area (Å²) in [5.74, 6) is 2.01. The summed E-state index contributed by atoms with van der Waals surface area (Å²) < 4.78 is 8.40. The van der Waals surface area contributed by atoms with Crippen LogP contribution in [0.15, 0.2) is 72.8 Å². The van der Waals surface area contributed by atoms with Gasteiger partial charge in [-0.2, -0.15) is 0 Å². The lowest BCUT2D eigenvalue weighted by Gasteiger charge is -2.13. The highest BCUT2D eigenvalue weighted by Crippen LogP contribution is 2.23. The molecule has 4 rings (SSSR count). The van der Waals surface area contributed by atoms with Crippen LogP contribution < -0.4 is 10.1 Å². The van der Waals surface area contributed by atoms with Crippen LogP contribution in [0.4, 0.5) is 0 Å². The molecule has 5 heteroatoms. The average Bonchev–Trinajstić information content (AvgIpc) is 3.19. The van der Waals surface area contributed by atoms with E-state index < -0.39 is 0 Å². The van der Waals surface area contributed by atoms with Crippen LogP contribution in [0, 0.1) is 13.8 Å². The van der Waals surface area contributed by atoms with Crippen molar-refractivity contribution in [3.05, 3.63) is 95.3 Å². The SMILES string of the molecule is Cc1cccc(C)c1OCCCn1c(CCCNC(=O)c2ccccc2)nc2ccccc21. The first-order valence-corrected chi connectivity index (χ1v) is 11.6. The Kier molecular flexibility index (Phi) is 7.40. The van der Waals surface area contributed by atoms with Crippen molar-refractivity contribution >= 4 is 16.9 Å². The molecular formula is C28H31N3O2. The van der Waals surface area contributed by atoms with Crippen molar-refractivity contribution in [2.24, 2.45) is 0 Å². The monoisotopic (exact) mass is 441 g/mol. The first-order chi connectivity index (χ1) is 16.1. The van der Waals surface area contributed by atoms with Crippen molar-refractivity contribution in [3.63, 3.8) is 0 Å². The van der Waals surface area contributed by atoms with Crippen molar-refractivity contribution in [1.82, 2.24) is 14.9 Å². The molecule has 170 valence electrons. The number of benzene rings is 3. The standard InChI is InChI=1S/C28H31N3O2/c1-21-11-8-12-22(2)27(21)33-20-10-19-31-25-16-7-6-15-24(25)30-26(31)17-9-18-29-28(32)23-13-4-3-5-14-23/h3-8,11-16H,9-10,17-20H2,1-2H3,(H,29,32). The van der Waals surface area contributed by atoms with Gasteiger partial charge in [-0.1, -0.05) is 48.5 Å². The number of imidazole rings is 1. The largest absolute Gasteiger partial charge is 0.493 e. The fourth-order valence-electron chi connectivity index (χ4n) is 4.13. The highest BCUT2D eigenvalue weighted by Gasteiger charge is 2.11. The van der Waals surface area contributed by atoms with Gasteiger partial charge in [0, 0.05) is 25.1 Å². The number of ether oxygens (including phenoxy) is 1. The third kappa shape index (κ3) is 5.61. The lowest BCUT2D eigenvalue weighted by Crippen LogP contribution is -2.24. The van der Waals surface area contributed by atoms with E-state index in [1.54, 1.807) is 0 Å². The number of aryl methyl sites for hydroxylation is 4. The lowest BCUT2D eigenvalue weighted by atomic mass is 10.1. The Morgan fingerprint density at radius 1 is 0.909 bits per heavy atom. The van der Waals surface area contributed by atoms with Crippen molar-refractivity contribution in [2.75, 3.05) is 13.2 Å². The molecule has 0 fully saturated rings. The van der Waals surface area contributed by atoms with Crippen LogP contribution in [-0.2, 0) is 13.0 Å². The second-order valence-electron chi connectivity index (χ2n) is 8.32. The average molecular weight is 442 g/mol. The molecule has 0 unspecified atom stereocenters. The van der Waals surface area contributed by atoms with Crippen molar-refractivity contribution < 1.29 is 9.53 Å². The van der Waals surface area contributed by atoms with Gasteiger partial charge in [-0.05, 0) is 62.1 Å². The molecule has 0 aliphatic heterocycles. The number of hydrogen-bond donors (Lipinski definition) is 1. The highest BCUT2D eigenvalue weighted by molar-refractivity contribution is 5.94. The number of carbonyl (C=O) groups excluding carboxylic acids is 1. The van der Waals surface area contributed by atoms with Crippen LogP contribution in [0.5, 0.6) is 5.75 Å². The Morgan fingerprint density at radius 2 is 1.64 bits per heavy atom. The first kappa shape index (κ1) is 22.6. The fraction of sp³-hybridized carbons (Fsp3) is 0.286. The second-order valence-corrected chi connectivity index (χ2v) is 8.32. The number of amides is 1. The molecule has 5 nitrogen and oxygen atoms in total. The Morgan fingerprint density at radius 3 is 2.42 bits per heavy atom. The molecule has 0 saturated carbocycles. The van der Waals surface area contributed by atoms with E-state index in [1.165, 1.54) is 11.1 Å². The minimum absolute atomic E-state index is 0.0345. The zero-order valence-electron chi connectivity index (χ0n) is 19.4. The van der Waals surface area contributed by atoms with Crippen molar-refractivity contribution in [1.29, 1.82) is 0 Å². The van der Waals surface area contributed by atoms with Gasteiger partial charge in [0.05, 0.1) is 17.6 Å². The summed E-state index contributed by atoms with van der Waals surface area (Å²) in [5, 5.41) is 3.01. The summed E-state index contributed by atoms with van der Waals surface area (Å²) in [7, 11) is 0. The molecule has 1 heterocycles. The van der Waals surface area contributed by atoms with Gasteiger partial charge in [0.15, 0.2) is 0 Å². The number of aromatic nitrogens is 2. The van der Waals surface area contributed by atoms with Crippen LogP contribution in [0.1, 0.15) is 40.2 Å². The van der Waals surface area contributed by atoms with Gasteiger partial charge in [-0.25, -0.2) is 4.98 Å². The van der Waals surface area contributed by atoms with Gasteiger partial charge < -0.3 is 14.6 Å². The molecule has 33 heavy (non-hydrogen) atoms. The molecule has 0 spiro atoms. The van der Waals surface area contributed by atoms with Crippen LogP contribution >= 0.6 is 0 Å². The summed E-state index contributed by atoms with van der Waals surface area (Å²) in [4.78, 5) is 17.1. The summed E-state index contributed by atoms with van der Waals surface area (Å²) in [6.45, 7) is 6.29. The van der Waals surface area contributed by atoms with E-state index in [4.69, 9.17) is 9.72 Å². The summed E-state index contributed by atoms with van der Waals surface area (Å²) in [5.41, 5.74) is 5.18. The number of nitrogens with zero attached hydrogens (tertiary/aromatic N) is 2. The minimum atomic E-state index is -0.0345. The summed E-state index contributed by atoms with van der Waals surface area (Å²) in [6, 6.07) is 23.8. The van der Waals surface area contributed by atoms with Gasteiger partial charge in [0.25, 0.3) is 5.91 Å². The minimum Gasteiger partial charge on any atom is -0.493 e. The van der Waals surface area contributed by atoms with Crippen LogP contribution in [0.3, 0.4) is 0 Å². The van der Waals surface area contributed by atoms with E-state index in [9.17, 15) is 4.79 Å². The van der Waals surface area contributed by atoms with Gasteiger partial charge in [0.1, 0.15) is 11.6 Å². The molecular weight excluding hydrogens is 410 g/mol. The predicted octanol–water partition coefficient (Wildman–Crippen LogP) is 5.48. The van der Waals surface area contributed by atoms with Crippen molar-refractivity contribution in [3.8, 4) is 5.75 Å². The smallest absolute Gasteiger partial charge is 0.251 e. The highest BCUT2D eigenvalue weighted by atomic mass is 16.5. The lowest BCUT2D eigenvalue weighted by molar-refractivity contribution is 0.0953. The quantitative estimate of drug-likeness (QED) is 0.331. The van der Waals surface area contributed by atoms with Crippen LogP contribution in [-0.4, -0.2) is 28.6 Å². The summed E-state index contributed by atoms with van der Waals surface area (Å²) in [6.07, 6.45) is 2.54. The van der Waals surface area contributed by atoms with E-state index in [0.29, 0.717) is 18.7 Å². The molecule has 0 bridgehead atoms. The van der Waals surface area contributed by atoms with Gasteiger partial charge in [-0.3, -0.25) is 4.79 Å². The van der Waals surface area contributed by atoms with Crippen LogP contribution in [0.2, 0.25) is 0 Å². The number of rotatable bonds is 10. The van der Waals surface area contributed by atoms with Gasteiger partial charge in [0.2, 0.25) is 0 Å². The zero-order valence-corrected chi connectivity index (χ0v) is 19.4. The first-order valence-electron chi connectivity index (χ1n) is 11.6. The zero-order chi connectivity index (χ0) is 23.0. The van der Waals surface area contributed by atoms with E-state index in [2.05, 4.69) is 60.1 Å². The van der Waals surface area contributed by atoms with Crippen molar-refractivity contribution in [2.45, 2.75) is 39.7 Å². The number of carbonyl (C=O) groups is 1. The van der Waals surface area contributed by atoms with E-state index in [-0.39, 0.29) is 5.91 Å². The molecule has 1 aromatic heterocycles. The Hall–Kier alpha value is -3.60. The number of nitrogens with one attached hydrogen (secondary N) is 1. The molecule has 0 aliphatic carbocycles. The third-order valence-electron chi connectivity index (χ3n) is 5.81. The Balaban J connectivity index is 1.35. The molecule has 3 aromatic carbocycles. The number of fused-ring (bicyclic) bond motifs is 1. The van der Waals surface area contributed by atoms with E-state index in [0.717, 1.165) is 48.4 Å². The topological polar surface area (TPSA) is 56.1 Å². The van der Waals surface area contributed by atoms with E-state index >= 15 is 0 Å². The molecule has 0 radical (unpaired) electrons. The predicted molar refractivity (Wildman–Crippen MR) is 133 cm³/mol. The Bertz CT molecular complexity index is 1190. The molecule has 0 saturated heterocycles. The van der Waals surface area contributed by atoms with Gasteiger partial charge >= 0.3 is 0 Å². The summed E-state index contributed by atoms with van der Waals surface area (Å²) >= 11 is 0. The maximum absolute atomic E-state index is 12.3. The van der Waals surface area contributed by atoms with Gasteiger partial charge in [-0.15, -0.1) is 0 Å². The molecule has 0 atom stereocenters. The molecule has 1 N–H and O–H groups in total. The van der Waals surface area contributed by atoms with Crippen LogP contribution in [0.25, 0.3) is 11.0 Å². The second kappa shape index (κ2) is 10.8. The number of para-hydroxylation sites is 3. The normalized spacial score (nSPS) is 11.0. The maximum Gasteiger partial charge on any atom is 0.251 e. The Labute approximate surface area is 195 Å².